The normalized spacial score (nSPS) is 17.2. The van der Waals surface area contributed by atoms with Crippen LogP contribution in [0.25, 0.3) is 0 Å². The summed E-state index contributed by atoms with van der Waals surface area (Å²) in [6.07, 6.45) is 0.786. The molecule has 0 bridgehead atoms. The number of benzene rings is 2. The van der Waals surface area contributed by atoms with Gasteiger partial charge < -0.3 is 8.92 Å². The molecule has 9 nitrogen and oxygen atoms in total. The minimum Gasteiger partial charge on any atom is -0.377 e. The van der Waals surface area contributed by atoms with Gasteiger partial charge in [-0.15, -0.1) is 0 Å². The van der Waals surface area contributed by atoms with Gasteiger partial charge in [-0.25, -0.2) is 13.1 Å². The molecule has 0 saturated heterocycles. The van der Waals surface area contributed by atoms with E-state index in [1.807, 2.05) is 0 Å². The number of sulfone groups is 1. The molecule has 180 valence electrons. The van der Waals surface area contributed by atoms with Gasteiger partial charge in [0.25, 0.3) is 0 Å². The molecule has 4 rings (SSSR count). The molecule has 1 atom stereocenters. The van der Waals surface area contributed by atoms with Gasteiger partial charge in [-0.05, 0) is 37.6 Å². The van der Waals surface area contributed by atoms with Gasteiger partial charge in [0.15, 0.2) is 9.84 Å². The van der Waals surface area contributed by atoms with Crippen molar-refractivity contribution in [1.82, 2.24) is 9.78 Å². The molecule has 2 heterocycles. The van der Waals surface area contributed by atoms with Gasteiger partial charge in [0.05, 0.1) is 28.0 Å². The average molecular weight is 525 g/mol. The first-order chi connectivity index (χ1) is 16.1. The molecule has 1 aromatic heterocycles. The van der Waals surface area contributed by atoms with E-state index in [1.165, 1.54) is 42.3 Å². The number of ketones is 1. The summed E-state index contributed by atoms with van der Waals surface area (Å²) in [4.78, 5) is 13.4. The maximum Gasteiger partial charge on any atom is 0.340 e. The highest BCUT2D eigenvalue weighted by atomic mass is 35.5. The second kappa shape index (κ2) is 9.14. The number of aryl methyl sites for hydroxylation is 1. The highest BCUT2D eigenvalue weighted by molar-refractivity contribution is 7.91. The number of rotatable bonds is 7. The van der Waals surface area contributed by atoms with Crippen molar-refractivity contribution < 1.29 is 30.6 Å². The predicted molar refractivity (Wildman–Crippen MR) is 123 cm³/mol. The maximum atomic E-state index is 13.5. The Hall–Kier alpha value is -2.73. The van der Waals surface area contributed by atoms with Crippen LogP contribution in [0.4, 0.5) is 0 Å². The zero-order valence-corrected chi connectivity index (χ0v) is 20.7. The summed E-state index contributed by atoms with van der Waals surface area (Å²) in [6, 6.07) is 10.1. The molecule has 1 aliphatic heterocycles. The fourth-order valence-corrected chi connectivity index (χ4v) is 6.79. The van der Waals surface area contributed by atoms with Crippen LogP contribution in [0.2, 0.25) is 5.02 Å². The van der Waals surface area contributed by atoms with Crippen LogP contribution in [0.15, 0.2) is 58.5 Å². The zero-order chi connectivity index (χ0) is 24.7. The summed E-state index contributed by atoms with van der Waals surface area (Å²) in [6.45, 7) is 1.94. The van der Waals surface area contributed by atoms with Gasteiger partial charge in [0.1, 0.15) is 10.5 Å². The molecule has 2 aromatic carbocycles. The van der Waals surface area contributed by atoms with Crippen molar-refractivity contribution in [3.8, 4) is 5.88 Å². The van der Waals surface area contributed by atoms with Crippen molar-refractivity contribution in [1.29, 1.82) is 0 Å². The van der Waals surface area contributed by atoms with Gasteiger partial charge in [0.2, 0.25) is 11.7 Å². The first-order valence-electron chi connectivity index (χ1n) is 10.3. The fourth-order valence-electron chi connectivity index (χ4n) is 3.80. The molecule has 0 N–H and O–H groups in total. The van der Waals surface area contributed by atoms with Crippen LogP contribution in [0.5, 0.6) is 5.88 Å². The number of methoxy groups -OCH3 is 1. The number of halogens is 1. The Morgan fingerprint density at radius 2 is 1.88 bits per heavy atom. The van der Waals surface area contributed by atoms with Gasteiger partial charge in [-0.3, -0.25) is 4.79 Å². The van der Waals surface area contributed by atoms with Crippen LogP contribution in [0, 0.1) is 0 Å². The predicted octanol–water partition coefficient (Wildman–Crippen LogP) is 3.42. The number of hydrogen-bond donors (Lipinski definition) is 0. The molecule has 3 aromatic rings. The lowest BCUT2D eigenvalue weighted by Crippen LogP contribution is -2.22. The first kappa shape index (κ1) is 24.4. The number of carbonyl (C=O) groups is 1. The minimum atomic E-state index is -4.25. The maximum absolute atomic E-state index is 13.5. The highest BCUT2D eigenvalue weighted by Gasteiger charge is 2.35. The lowest BCUT2D eigenvalue weighted by molar-refractivity contribution is 0.0959. The summed E-state index contributed by atoms with van der Waals surface area (Å²) in [7, 11) is -6.39. The zero-order valence-electron chi connectivity index (χ0n) is 18.3. The number of fused-ring (bicyclic) bond motifs is 1. The van der Waals surface area contributed by atoms with E-state index in [9.17, 15) is 21.6 Å². The van der Waals surface area contributed by atoms with Crippen LogP contribution in [-0.4, -0.2) is 45.3 Å². The second-order valence-electron chi connectivity index (χ2n) is 7.53. The quantitative estimate of drug-likeness (QED) is 0.340. The van der Waals surface area contributed by atoms with Crippen LogP contribution in [0.3, 0.4) is 0 Å². The van der Waals surface area contributed by atoms with E-state index in [-0.39, 0.29) is 56.1 Å². The molecule has 34 heavy (non-hydrogen) atoms. The van der Waals surface area contributed by atoms with E-state index in [0.29, 0.717) is 0 Å². The number of carbonyl (C=O) groups excluding carboxylic acids is 1. The molecule has 1 aliphatic rings. The molecule has 12 heteroatoms. The van der Waals surface area contributed by atoms with Crippen LogP contribution >= 0.6 is 11.6 Å². The molecular weight excluding hydrogens is 504 g/mol. The Bertz CT molecular complexity index is 1470. The molecule has 0 fully saturated rings. The Morgan fingerprint density at radius 1 is 1.18 bits per heavy atom. The summed E-state index contributed by atoms with van der Waals surface area (Å²) in [5, 5.41) is 4.00. The van der Waals surface area contributed by atoms with Crippen molar-refractivity contribution in [2.24, 2.45) is 0 Å². The monoisotopic (exact) mass is 524 g/mol. The van der Waals surface area contributed by atoms with Crippen LogP contribution in [0.1, 0.15) is 40.9 Å². The Morgan fingerprint density at radius 3 is 2.53 bits per heavy atom. The largest absolute Gasteiger partial charge is 0.377 e. The van der Waals surface area contributed by atoms with E-state index in [4.69, 9.17) is 20.5 Å². The van der Waals surface area contributed by atoms with Gasteiger partial charge in [-0.2, -0.15) is 13.5 Å². The van der Waals surface area contributed by atoms with Crippen LogP contribution < -0.4 is 4.18 Å². The molecule has 0 amide bonds. The van der Waals surface area contributed by atoms with E-state index < -0.39 is 31.8 Å². The molecule has 0 saturated carbocycles. The van der Waals surface area contributed by atoms with Crippen molar-refractivity contribution in [3.05, 3.63) is 70.4 Å². The Labute approximate surface area is 202 Å². The molecular formula is C22H21ClN2O7S2. The first-order valence-corrected chi connectivity index (χ1v) is 13.7. The lowest BCUT2D eigenvalue weighted by atomic mass is 9.99. The standard InChI is InChI=1S/C22H21ClN2O7S2/c1-3-25-22(32-34(29,30)14-7-5-4-6-8-14)16(13-24-25)21(26)15-9-10-18-19(20(15)23)17(31-2)11-12-33(18,27)28/h4-10,13,17H,3,11-12H2,1-2H3. The molecule has 0 spiro atoms. The second-order valence-corrected chi connectivity index (χ2v) is 11.5. The third-order valence-electron chi connectivity index (χ3n) is 5.53. The van der Waals surface area contributed by atoms with E-state index >= 15 is 0 Å². The van der Waals surface area contributed by atoms with Gasteiger partial charge >= 0.3 is 10.1 Å². The van der Waals surface area contributed by atoms with E-state index in [2.05, 4.69) is 5.10 Å². The molecule has 0 radical (unpaired) electrons. The van der Waals surface area contributed by atoms with Crippen molar-refractivity contribution in [2.45, 2.75) is 35.8 Å². The highest BCUT2D eigenvalue weighted by Crippen LogP contribution is 2.41. The van der Waals surface area contributed by atoms with Gasteiger partial charge in [0, 0.05) is 24.8 Å². The number of nitrogens with zero attached hydrogens (tertiary/aromatic N) is 2. The average Bonchev–Trinajstić information content (AvgIpc) is 3.21. The van der Waals surface area contributed by atoms with Crippen molar-refractivity contribution >= 4 is 37.3 Å². The van der Waals surface area contributed by atoms with E-state index in [1.54, 1.807) is 25.1 Å². The number of ether oxygens (including phenoxy) is 1. The minimum absolute atomic E-state index is 0.0135. The fraction of sp³-hybridized carbons (Fsp3) is 0.273. The smallest absolute Gasteiger partial charge is 0.340 e. The third-order valence-corrected chi connectivity index (χ3v) is 8.96. The summed E-state index contributed by atoms with van der Waals surface area (Å²) in [5.74, 6) is -1.02. The lowest BCUT2D eigenvalue weighted by Gasteiger charge is -2.26. The van der Waals surface area contributed by atoms with Gasteiger partial charge in [-0.1, -0.05) is 29.8 Å². The number of hydrogen-bond acceptors (Lipinski definition) is 8. The summed E-state index contributed by atoms with van der Waals surface area (Å²) in [5.41, 5.74) is 0.0662. The molecule has 1 unspecified atom stereocenters. The molecule has 0 aliphatic carbocycles. The van der Waals surface area contributed by atoms with E-state index in [0.717, 1.165) is 0 Å². The van der Waals surface area contributed by atoms with Crippen molar-refractivity contribution in [3.63, 3.8) is 0 Å². The summed E-state index contributed by atoms with van der Waals surface area (Å²) >= 11 is 6.54. The Kier molecular flexibility index (Phi) is 6.56. The van der Waals surface area contributed by atoms with Crippen molar-refractivity contribution in [2.75, 3.05) is 12.9 Å². The van der Waals surface area contributed by atoms with Crippen LogP contribution in [-0.2, 0) is 31.2 Å². The summed E-state index contributed by atoms with van der Waals surface area (Å²) < 4.78 is 62.7. The Balaban J connectivity index is 1.81. The number of aromatic nitrogens is 2. The third kappa shape index (κ3) is 4.24. The SMILES string of the molecule is CCn1ncc(C(=O)c2ccc3c(c2Cl)C(OC)CCS3(=O)=O)c1OS(=O)(=O)c1ccccc1. The topological polar surface area (TPSA) is 122 Å².